The summed E-state index contributed by atoms with van der Waals surface area (Å²) in [6.45, 7) is 3.05. The fourth-order valence-electron chi connectivity index (χ4n) is 1.87. The highest BCUT2D eigenvalue weighted by molar-refractivity contribution is 5.59. The van der Waals surface area contributed by atoms with Gasteiger partial charge in [0.1, 0.15) is 11.6 Å². The molecule has 0 spiro atoms. The third kappa shape index (κ3) is 3.45. The van der Waals surface area contributed by atoms with Crippen molar-refractivity contribution in [1.82, 2.24) is 9.97 Å². The van der Waals surface area contributed by atoms with Crippen LogP contribution in [-0.2, 0) is 11.3 Å². The summed E-state index contributed by atoms with van der Waals surface area (Å²) in [5.41, 5.74) is 1.76. The standard InChI is InChI=1S/C15H19N3O2/c1-4-20-13-7-5-6-11(8-13)15-17-12(10-19-3)9-14(16-2)18-15/h5-9H,4,10H2,1-3H3,(H,16,17,18). The van der Waals surface area contributed by atoms with Crippen LogP contribution in [0, 0.1) is 0 Å². The SMILES string of the molecule is CCOc1cccc(-c2nc(COC)cc(NC)n2)c1. The lowest BCUT2D eigenvalue weighted by atomic mass is 10.2. The zero-order valence-corrected chi connectivity index (χ0v) is 12.0. The number of anilines is 1. The topological polar surface area (TPSA) is 56.3 Å². The molecule has 0 bridgehead atoms. The van der Waals surface area contributed by atoms with E-state index < -0.39 is 0 Å². The molecule has 0 atom stereocenters. The molecule has 1 heterocycles. The van der Waals surface area contributed by atoms with E-state index >= 15 is 0 Å². The van der Waals surface area contributed by atoms with Crippen LogP contribution in [-0.4, -0.2) is 30.7 Å². The second-order valence-corrected chi connectivity index (χ2v) is 4.21. The van der Waals surface area contributed by atoms with E-state index in [1.165, 1.54) is 0 Å². The summed E-state index contributed by atoms with van der Waals surface area (Å²) in [6.07, 6.45) is 0. The molecule has 1 aromatic heterocycles. The predicted octanol–water partition coefficient (Wildman–Crippen LogP) is 2.73. The first-order valence-electron chi connectivity index (χ1n) is 6.54. The molecular weight excluding hydrogens is 254 g/mol. The van der Waals surface area contributed by atoms with Crippen molar-refractivity contribution in [2.75, 3.05) is 26.1 Å². The third-order valence-electron chi connectivity index (χ3n) is 2.73. The maximum atomic E-state index is 5.51. The maximum Gasteiger partial charge on any atom is 0.161 e. The van der Waals surface area contributed by atoms with Crippen molar-refractivity contribution in [3.63, 3.8) is 0 Å². The van der Waals surface area contributed by atoms with Gasteiger partial charge in [-0.1, -0.05) is 12.1 Å². The highest BCUT2D eigenvalue weighted by Crippen LogP contribution is 2.22. The zero-order chi connectivity index (χ0) is 14.4. The first-order chi connectivity index (χ1) is 9.76. The second kappa shape index (κ2) is 6.86. The molecule has 0 amide bonds. The number of benzene rings is 1. The van der Waals surface area contributed by atoms with Crippen molar-refractivity contribution in [3.05, 3.63) is 36.0 Å². The highest BCUT2D eigenvalue weighted by Gasteiger charge is 2.07. The van der Waals surface area contributed by atoms with Crippen LogP contribution in [0.1, 0.15) is 12.6 Å². The molecule has 0 unspecified atom stereocenters. The summed E-state index contributed by atoms with van der Waals surface area (Å²) < 4.78 is 10.6. The molecule has 0 radical (unpaired) electrons. The molecule has 1 N–H and O–H groups in total. The molecule has 0 saturated heterocycles. The van der Waals surface area contributed by atoms with E-state index in [9.17, 15) is 0 Å². The minimum atomic E-state index is 0.454. The summed E-state index contributed by atoms with van der Waals surface area (Å²) in [5.74, 6) is 2.24. The largest absolute Gasteiger partial charge is 0.494 e. The Kier molecular flexibility index (Phi) is 4.90. The lowest BCUT2D eigenvalue weighted by molar-refractivity contribution is 0.181. The molecule has 0 aliphatic rings. The van der Waals surface area contributed by atoms with Crippen LogP contribution in [0.25, 0.3) is 11.4 Å². The number of nitrogens with one attached hydrogen (secondary N) is 1. The summed E-state index contributed by atoms with van der Waals surface area (Å²) in [4.78, 5) is 8.98. The van der Waals surface area contributed by atoms with Gasteiger partial charge in [0.05, 0.1) is 18.9 Å². The van der Waals surface area contributed by atoms with Gasteiger partial charge >= 0.3 is 0 Å². The van der Waals surface area contributed by atoms with Gasteiger partial charge in [0.2, 0.25) is 0 Å². The molecule has 0 aliphatic carbocycles. The van der Waals surface area contributed by atoms with E-state index in [1.54, 1.807) is 7.11 Å². The Morgan fingerprint density at radius 1 is 1.20 bits per heavy atom. The van der Waals surface area contributed by atoms with Crippen LogP contribution in [0.15, 0.2) is 30.3 Å². The lowest BCUT2D eigenvalue weighted by Crippen LogP contribution is -2.02. The third-order valence-corrected chi connectivity index (χ3v) is 2.73. The normalized spacial score (nSPS) is 10.3. The van der Waals surface area contributed by atoms with Crippen LogP contribution in [0.5, 0.6) is 5.75 Å². The smallest absolute Gasteiger partial charge is 0.161 e. The van der Waals surface area contributed by atoms with Crippen molar-refractivity contribution in [2.45, 2.75) is 13.5 Å². The van der Waals surface area contributed by atoms with Crippen LogP contribution >= 0.6 is 0 Å². The molecule has 2 rings (SSSR count). The number of nitrogens with zero attached hydrogens (tertiary/aromatic N) is 2. The monoisotopic (exact) mass is 273 g/mol. The van der Waals surface area contributed by atoms with Crippen LogP contribution in [0.2, 0.25) is 0 Å². The molecule has 0 saturated carbocycles. The van der Waals surface area contributed by atoms with Gasteiger partial charge < -0.3 is 14.8 Å². The Morgan fingerprint density at radius 2 is 2.05 bits per heavy atom. The van der Waals surface area contributed by atoms with Crippen molar-refractivity contribution in [3.8, 4) is 17.1 Å². The number of methoxy groups -OCH3 is 1. The summed E-state index contributed by atoms with van der Waals surface area (Å²) in [7, 11) is 3.48. The highest BCUT2D eigenvalue weighted by atomic mass is 16.5. The average Bonchev–Trinajstić information content (AvgIpc) is 2.48. The van der Waals surface area contributed by atoms with E-state index in [0.717, 1.165) is 22.8 Å². The van der Waals surface area contributed by atoms with E-state index in [2.05, 4.69) is 15.3 Å². The summed E-state index contributed by atoms with van der Waals surface area (Å²) in [5, 5.41) is 3.04. The molecule has 0 aliphatic heterocycles. The van der Waals surface area contributed by atoms with Gasteiger partial charge in [-0.15, -0.1) is 0 Å². The number of ether oxygens (including phenoxy) is 2. The van der Waals surface area contributed by atoms with Gasteiger partial charge in [-0.25, -0.2) is 9.97 Å². The van der Waals surface area contributed by atoms with Crippen molar-refractivity contribution in [2.24, 2.45) is 0 Å². The number of aromatic nitrogens is 2. The fourth-order valence-corrected chi connectivity index (χ4v) is 1.87. The van der Waals surface area contributed by atoms with Gasteiger partial charge in [-0.3, -0.25) is 0 Å². The van der Waals surface area contributed by atoms with Gasteiger partial charge in [-0.05, 0) is 19.1 Å². The van der Waals surface area contributed by atoms with Gasteiger partial charge in [0, 0.05) is 25.8 Å². The van der Waals surface area contributed by atoms with Gasteiger partial charge in [0.25, 0.3) is 0 Å². The zero-order valence-electron chi connectivity index (χ0n) is 12.0. The van der Waals surface area contributed by atoms with E-state index in [0.29, 0.717) is 19.0 Å². The average molecular weight is 273 g/mol. The van der Waals surface area contributed by atoms with Crippen molar-refractivity contribution < 1.29 is 9.47 Å². The van der Waals surface area contributed by atoms with Crippen LogP contribution in [0.3, 0.4) is 0 Å². The van der Waals surface area contributed by atoms with E-state index in [4.69, 9.17) is 9.47 Å². The predicted molar refractivity (Wildman–Crippen MR) is 78.9 cm³/mol. The molecule has 20 heavy (non-hydrogen) atoms. The summed E-state index contributed by atoms with van der Waals surface area (Å²) >= 11 is 0. The molecule has 106 valence electrons. The molecule has 0 fully saturated rings. The minimum absolute atomic E-state index is 0.454. The number of rotatable bonds is 6. The molecule has 5 heteroatoms. The first-order valence-corrected chi connectivity index (χ1v) is 6.54. The minimum Gasteiger partial charge on any atom is -0.494 e. The fraction of sp³-hybridized carbons (Fsp3) is 0.333. The van der Waals surface area contributed by atoms with Crippen LogP contribution < -0.4 is 10.1 Å². The van der Waals surface area contributed by atoms with Gasteiger partial charge in [-0.2, -0.15) is 0 Å². The van der Waals surface area contributed by atoms with Crippen molar-refractivity contribution in [1.29, 1.82) is 0 Å². The van der Waals surface area contributed by atoms with Crippen molar-refractivity contribution >= 4 is 5.82 Å². The Hall–Kier alpha value is -2.14. The van der Waals surface area contributed by atoms with Crippen LogP contribution in [0.4, 0.5) is 5.82 Å². The number of hydrogen-bond acceptors (Lipinski definition) is 5. The lowest BCUT2D eigenvalue weighted by Gasteiger charge is -2.09. The Bertz CT molecular complexity index is 573. The summed E-state index contributed by atoms with van der Waals surface area (Å²) in [6, 6.07) is 9.64. The molecule has 1 aromatic carbocycles. The first kappa shape index (κ1) is 14.3. The molecule has 5 nitrogen and oxygen atoms in total. The molecular formula is C15H19N3O2. The molecule has 2 aromatic rings. The van der Waals surface area contributed by atoms with E-state index in [-0.39, 0.29) is 0 Å². The second-order valence-electron chi connectivity index (χ2n) is 4.21. The quantitative estimate of drug-likeness (QED) is 0.877. The van der Waals surface area contributed by atoms with Gasteiger partial charge in [0.15, 0.2) is 5.82 Å². The number of hydrogen-bond donors (Lipinski definition) is 1. The van der Waals surface area contributed by atoms with E-state index in [1.807, 2.05) is 44.3 Å². The Labute approximate surface area is 119 Å². The maximum absolute atomic E-state index is 5.51. The Morgan fingerprint density at radius 3 is 2.75 bits per heavy atom. The Balaban J connectivity index is 2.39.